The van der Waals surface area contributed by atoms with Crippen molar-refractivity contribution < 1.29 is 4.79 Å². The lowest BCUT2D eigenvalue weighted by atomic mass is 10.2. The van der Waals surface area contributed by atoms with Gasteiger partial charge in [-0.25, -0.2) is 4.98 Å². The highest BCUT2D eigenvalue weighted by molar-refractivity contribution is 5.95. The lowest BCUT2D eigenvalue weighted by molar-refractivity contribution is 0.0951. The van der Waals surface area contributed by atoms with Crippen molar-refractivity contribution in [3.05, 3.63) is 54.7 Å². The molecule has 0 saturated heterocycles. The number of carbonyl (C=O) groups excluding carboxylic acids is 1. The summed E-state index contributed by atoms with van der Waals surface area (Å²) < 4.78 is 0. The average Bonchev–Trinajstić information content (AvgIpc) is 2.95. The van der Waals surface area contributed by atoms with E-state index in [0.29, 0.717) is 12.4 Å². The Morgan fingerprint density at radius 1 is 1.30 bits per heavy atom. The molecule has 0 atom stereocenters. The highest BCUT2D eigenvalue weighted by atomic mass is 16.1. The molecule has 6 heteroatoms. The summed E-state index contributed by atoms with van der Waals surface area (Å²) in [5.74, 6) is -0.218. The highest BCUT2D eigenvalue weighted by Crippen LogP contribution is 2.11. The number of pyridine rings is 2. The van der Waals surface area contributed by atoms with Crippen molar-refractivity contribution >= 4 is 22.5 Å². The average molecular weight is 267 g/mol. The van der Waals surface area contributed by atoms with Gasteiger partial charge in [0.1, 0.15) is 5.69 Å². The molecular weight excluding hydrogens is 254 g/mol. The second-order valence-corrected chi connectivity index (χ2v) is 4.24. The van der Waals surface area contributed by atoms with Crippen molar-refractivity contribution in [1.29, 1.82) is 0 Å². The number of fused-ring (bicyclic) bond motifs is 1. The van der Waals surface area contributed by atoms with Gasteiger partial charge in [-0.1, -0.05) is 0 Å². The van der Waals surface area contributed by atoms with E-state index in [-0.39, 0.29) is 5.91 Å². The summed E-state index contributed by atoms with van der Waals surface area (Å²) in [5, 5.41) is 6.77. The van der Waals surface area contributed by atoms with E-state index in [9.17, 15) is 4.79 Å². The fourth-order valence-electron chi connectivity index (χ4n) is 1.86. The Kier molecular flexibility index (Phi) is 3.28. The summed E-state index contributed by atoms with van der Waals surface area (Å²) in [4.78, 5) is 23.1. The molecule has 3 aromatic rings. The van der Waals surface area contributed by atoms with Crippen LogP contribution in [0, 0.1) is 0 Å². The Hall–Kier alpha value is -2.89. The fourth-order valence-corrected chi connectivity index (χ4v) is 1.86. The Labute approximate surface area is 115 Å². The van der Waals surface area contributed by atoms with Gasteiger partial charge in [-0.05, 0) is 24.3 Å². The molecule has 0 aliphatic rings. The molecule has 0 unspecified atom stereocenters. The standard InChI is InChI=1S/C14H13N5O/c20-14(19-9-18-11-2-1-4-15-7-11)12-6-10-3-5-16-13(10)8-17-12/h1-8,16,18H,9H2,(H,19,20). The van der Waals surface area contributed by atoms with Crippen LogP contribution in [-0.4, -0.2) is 27.5 Å². The maximum Gasteiger partial charge on any atom is 0.271 e. The predicted octanol–water partition coefficient (Wildman–Crippen LogP) is 1.76. The third kappa shape index (κ3) is 2.59. The summed E-state index contributed by atoms with van der Waals surface area (Å²) >= 11 is 0. The minimum Gasteiger partial charge on any atom is -0.367 e. The van der Waals surface area contributed by atoms with Crippen LogP contribution in [0.5, 0.6) is 0 Å². The summed E-state index contributed by atoms with van der Waals surface area (Å²) in [6.07, 6.45) is 6.85. The molecule has 0 aromatic carbocycles. The largest absolute Gasteiger partial charge is 0.367 e. The maximum absolute atomic E-state index is 12.0. The molecule has 0 bridgehead atoms. The van der Waals surface area contributed by atoms with Gasteiger partial charge in [0.2, 0.25) is 0 Å². The van der Waals surface area contributed by atoms with Crippen molar-refractivity contribution in [3.63, 3.8) is 0 Å². The highest BCUT2D eigenvalue weighted by Gasteiger charge is 2.07. The number of carbonyl (C=O) groups is 1. The second kappa shape index (κ2) is 5.40. The van der Waals surface area contributed by atoms with Crippen LogP contribution in [0.15, 0.2) is 49.1 Å². The number of aromatic nitrogens is 3. The second-order valence-electron chi connectivity index (χ2n) is 4.24. The van der Waals surface area contributed by atoms with Gasteiger partial charge in [0.15, 0.2) is 0 Å². The van der Waals surface area contributed by atoms with Crippen LogP contribution in [0.2, 0.25) is 0 Å². The first-order valence-electron chi connectivity index (χ1n) is 6.18. The van der Waals surface area contributed by atoms with E-state index in [0.717, 1.165) is 16.6 Å². The van der Waals surface area contributed by atoms with Gasteiger partial charge < -0.3 is 15.6 Å². The van der Waals surface area contributed by atoms with Gasteiger partial charge >= 0.3 is 0 Å². The zero-order valence-corrected chi connectivity index (χ0v) is 10.6. The molecule has 3 rings (SSSR count). The summed E-state index contributed by atoms with van der Waals surface area (Å²) in [6, 6.07) is 7.36. The van der Waals surface area contributed by atoms with Gasteiger partial charge in [0, 0.05) is 24.0 Å². The third-order valence-corrected chi connectivity index (χ3v) is 2.87. The van der Waals surface area contributed by atoms with Crippen molar-refractivity contribution in [3.8, 4) is 0 Å². The van der Waals surface area contributed by atoms with Crippen LogP contribution >= 0.6 is 0 Å². The first-order valence-corrected chi connectivity index (χ1v) is 6.18. The number of amides is 1. The lowest BCUT2D eigenvalue weighted by Gasteiger charge is -2.07. The molecule has 0 aliphatic heterocycles. The number of hydrogen-bond acceptors (Lipinski definition) is 4. The molecule has 6 nitrogen and oxygen atoms in total. The first kappa shape index (κ1) is 12.2. The molecule has 1 amide bonds. The molecule has 3 aromatic heterocycles. The summed E-state index contributed by atoms with van der Waals surface area (Å²) in [5.41, 5.74) is 2.15. The van der Waals surface area contributed by atoms with E-state index in [1.54, 1.807) is 24.7 Å². The maximum atomic E-state index is 12.0. The molecule has 20 heavy (non-hydrogen) atoms. The Balaban J connectivity index is 1.61. The minimum absolute atomic E-state index is 0.218. The third-order valence-electron chi connectivity index (χ3n) is 2.87. The quantitative estimate of drug-likeness (QED) is 0.629. The zero-order valence-electron chi connectivity index (χ0n) is 10.6. The van der Waals surface area contributed by atoms with E-state index in [1.807, 2.05) is 24.4 Å². The molecule has 100 valence electrons. The van der Waals surface area contributed by atoms with Crippen LogP contribution in [-0.2, 0) is 0 Å². The molecule has 0 saturated carbocycles. The number of anilines is 1. The predicted molar refractivity (Wildman–Crippen MR) is 76.3 cm³/mol. The zero-order chi connectivity index (χ0) is 13.8. The number of hydrogen-bond donors (Lipinski definition) is 3. The normalized spacial score (nSPS) is 10.4. The Morgan fingerprint density at radius 3 is 3.10 bits per heavy atom. The van der Waals surface area contributed by atoms with E-state index in [2.05, 4.69) is 25.6 Å². The van der Waals surface area contributed by atoms with Crippen LogP contribution < -0.4 is 10.6 Å². The fraction of sp³-hybridized carbons (Fsp3) is 0.0714. The summed E-state index contributed by atoms with van der Waals surface area (Å²) in [6.45, 7) is 0.317. The minimum atomic E-state index is -0.218. The SMILES string of the molecule is O=C(NCNc1cccnc1)c1cc2cc[nH]c2cn1. The van der Waals surface area contributed by atoms with Gasteiger partial charge in [-0.2, -0.15) is 0 Å². The molecule has 3 N–H and O–H groups in total. The topological polar surface area (TPSA) is 82.7 Å². The van der Waals surface area contributed by atoms with Gasteiger partial charge in [0.05, 0.1) is 24.1 Å². The molecule has 3 heterocycles. The van der Waals surface area contributed by atoms with E-state index in [1.165, 1.54) is 0 Å². The van der Waals surface area contributed by atoms with Gasteiger partial charge in [-0.3, -0.25) is 9.78 Å². The number of aromatic amines is 1. The van der Waals surface area contributed by atoms with Crippen LogP contribution in [0.25, 0.3) is 10.9 Å². The Morgan fingerprint density at radius 2 is 2.25 bits per heavy atom. The molecule has 0 fully saturated rings. The first-order chi connectivity index (χ1) is 9.83. The molecule has 0 spiro atoms. The van der Waals surface area contributed by atoms with Gasteiger partial charge in [-0.15, -0.1) is 0 Å². The van der Waals surface area contributed by atoms with Crippen molar-refractivity contribution in [1.82, 2.24) is 20.3 Å². The van der Waals surface area contributed by atoms with Crippen molar-refractivity contribution in [2.24, 2.45) is 0 Å². The van der Waals surface area contributed by atoms with Gasteiger partial charge in [0.25, 0.3) is 5.91 Å². The molecular formula is C14H13N5O. The monoisotopic (exact) mass is 267 g/mol. The van der Waals surface area contributed by atoms with E-state index >= 15 is 0 Å². The molecule has 0 aliphatic carbocycles. The molecule has 0 radical (unpaired) electrons. The summed E-state index contributed by atoms with van der Waals surface area (Å²) in [7, 11) is 0. The van der Waals surface area contributed by atoms with Crippen LogP contribution in [0.1, 0.15) is 10.5 Å². The van der Waals surface area contributed by atoms with Crippen molar-refractivity contribution in [2.45, 2.75) is 0 Å². The smallest absolute Gasteiger partial charge is 0.271 e. The lowest BCUT2D eigenvalue weighted by Crippen LogP contribution is -2.29. The van der Waals surface area contributed by atoms with E-state index < -0.39 is 0 Å². The number of nitrogens with one attached hydrogen (secondary N) is 3. The van der Waals surface area contributed by atoms with Crippen LogP contribution in [0.4, 0.5) is 5.69 Å². The van der Waals surface area contributed by atoms with Crippen LogP contribution in [0.3, 0.4) is 0 Å². The number of nitrogens with zero attached hydrogens (tertiary/aromatic N) is 2. The van der Waals surface area contributed by atoms with E-state index in [4.69, 9.17) is 0 Å². The van der Waals surface area contributed by atoms with Crippen molar-refractivity contribution in [2.75, 3.05) is 12.0 Å². The number of H-pyrrole nitrogens is 1. The number of rotatable bonds is 4. The Bertz CT molecular complexity index is 723.